The first-order valence-corrected chi connectivity index (χ1v) is 5.94. The van der Waals surface area contributed by atoms with Crippen LogP contribution in [0.2, 0.25) is 5.28 Å². The number of aromatic nitrogens is 2. The van der Waals surface area contributed by atoms with Crippen LogP contribution in [0.3, 0.4) is 0 Å². The van der Waals surface area contributed by atoms with Crippen molar-refractivity contribution in [2.75, 3.05) is 24.4 Å². The van der Waals surface area contributed by atoms with Crippen LogP contribution in [0.25, 0.3) is 0 Å². The molecule has 0 radical (unpaired) electrons. The number of ether oxygens (including phenoxy) is 1. The molecule has 2 atom stereocenters. The van der Waals surface area contributed by atoms with E-state index in [1.807, 2.05) is 6.92 Å². The van der Waals surface area contributed by atoms with E-state index in [0.29, 0.717) is 17.2 Å². The Morgan fingerprint density at radius 3 is 2.78 bits per heavy atom. The molecule has 1 aliphatic rings. The smallest absolute Gasteiger partial charge is 0.249 e. The summed E-state index contributed by atoms with van der Waals surface area (Å²) in [7, 11) is 3.36. The summed E-state index contributed by atoms with van der Waals surface area (Å²) in [4.78, 5) is 22.0. The lowest BCUT2D eigenvalue weighted by atomic mass is 10.1. The summed E-state index contributed by atoms with van der Waals surface area (Å²) in [5.41, 5.74) is 1.25. The van der Waals surface area contributed by atoms with Gasteiger partial charge in [0.05, 0.1) is 11.8 Å². The monoisotopic (exact) mass is 270 g/mol. The van der Waals surface area contributed by atoms with Gasteiger partial charge in [0.1, 0.15) is 11.7 Å². The van der Waals surface area contributed by atoms with E-state index >= 15 is 0 Å². The van der Waals surface area contributed by atoms with Crippen LogP contribution in [0.5, 0.6) is 0 Å². The second kappa shape index (κ2) is 4.70. The zero-order valence-electron chi connectivity index (χ0n) is 10.7. The second-order valence-corrected chi connectivity index (χ2v) is 4.60. The van der Waals surface area contributed by atoms with Crippen LogP contribution in [0, 0.1) is 6.92 Å². The number of nitrogens with one attached hydrogen (secondary N) is 1. The summed E-state index contributed by atoms with van der Waals surface area (Å²) in [5, 5.41) is 2.97. The average molecular weight is 271 g/mol. The van der Waals surface area contributed by atoms with Crippen molar-refractivity contribution < 1.29 is 9.53 Å². The highest BCUT2D eigenvalue weighted by molar-refractivity contribution is 6.28. The minimum absolute atomic E-state index is 0.131. The molecule has 1 N–H and O–H groups in total. The molecule has 98 valence electrons. The predicted molar refractivity (Wildman–Crippen MR) is 69.1 cm³/mol. The largest absolute Gasteiger partial charge is 0.379 e. The summed E-state index contributed by atoms with van der Waals surface area (Å²) >= 11 is 5.85. The maximum absolute atomic E-state index is 12.1. The molecule has 0 saturated heterocycles. The van der Waals surface area contributed by atoms with Gasteiger partial charge in [-0.25, -0.2) is 4.98 Å². The molecule has 7 heteroatoms. The summed E-state index contributed by atoms with van der Waals surface area (Å²) in [6.45, 7) is 3.61. The number of nitrogens with zero attached hydrogens (tertiary/aromatic N) is 3. The number of carbonyl (C=O) groups excluding carboxylic acids is 1. The van der Waals surface area contributed by atoms with Gasteiger partial charge in [0.25, 0.3) is 0 Å². The summed E-state index contributed by atoms with van der Waals surface area (Å²) < 4.78 is 5.23. The van der Waals surface area contributed by atoms with Gasteiger partial charge in [-0.3, -0.25) is 4.79 Å². The van der Waals surface area contributed by atoms with Gasteiger partial charge in [-0.1, -0.05) is 0 Å². The average Bonchev–Trinajstić information content (AvgIpc) is 2.30. The Morgan fingerprint density at radius 1 is 1.50 bits per heavy atom. The van der Waals surface area contributed by atoms with Crippen molar-refractivity contribution in [2.45, 2.75) is 26.0 Å². The van der Waals surface area contributed by atoms with Crippen LogP contribution in [0.1, 0.15) is 12.6 Å². The van der Waals surface area contributed by atoms with Gasteiger partial charge in [-0.2, -0.15) is 4.98 Å². The van der Waals surface area contributed by atoms with Gasteiger partial charge in [0.2, 0.25) is 11.2 Å². The van der Waals surface area contributed by atoms with Gasteiger partial charge in [0, 0.05) is 14.2 Å². The number of methoxy groups -OCH3 is 1. The molecule has 6 nitrogen and oxygen atoms in total. The van der Waals surface area contributed by atoms with Crippen LogP contribution in [0.4, 0.5) is 11.5 Å². The van der Waals surface area contributed by atoms with Gasteiger partial charge >= 0.3 is 0 Å². The molecule has 2 rings (SSSR count). The normalized spacial score (nSPS) is 20.4. The Balaban J connectivity index is 2.49. The first-order chi connectivity index (χ1) is 8.45. The number of carbonyl (C=O) groups is 1. The van der Waals surface area contributed by atoms with E-state index in [2.05, 4.69) is 15.3 Å². The molecule has 0 saturated carbocycles. The Hall–Kier alpha value is -1.40. The van der Waals surface area contributed by atoms with Crippen molar-refractivity contribution in [3.05, 3.63) is 11.0 Å². The molecule has 1 aromatic heterocycles. The zero-order valence-corrected chi connectivity index (χ0v) is 11.4. The third-order valence-electron chi connectivity index (χ3n) is 3.13. The molecule has 1 amide bonds. The molecule has 0 spiro atoms. The summed E-state index contributed by atoms with van der Waals surface area (Å²) in [6.07, 6.45) is -0.253. The fourth-order valence-corrected chi connectivity index (χ4v) is 2.29. The van der Waals surface area contributed by atoms with E-state index < -0.39 is 6.04 Å². The lowest BCUT2D eigenvalue weighted by molar-refractivity contribution is -0.120. The van der Waals surface area contributed by atoms with E-state index in [0.717, 1.165) is 0 Å². The topological polar surface area (TPSA) is 67.3 Å². The standard InChI is InChI=1S/C11H15ClN4O2/c1-5-7-9(15-11(12)13-5)16(3)8(6(2)18-4)10(17)14-7/h6,8H,1-4H3,(H,14,17)/t6-,8+/m1/s1. The lowest BCUT2D eigenvalue weighted by Gasteiger charge is -2.37. The Morgan fingerprint density at radius 2 is 2.17 bits per heavy atom. The van der Waals surface area contributed by atoms with Gasteiger partial charge in [0.15, 0.2) is 5.82 Å². The minimum Gasteiger partial charge on any atom is -0.379 e. The summed E-state index contributed by atoms with van der Waals surface area (Å²) in [6, 6.07) is -0.437. The molecule has 1 aliphatic heterocycles. The number of anilines is 2. The number of amides is 1. The van der Waals surface area contributed by atoms with Gasteiger partial charge in [-0.05, 0) is 25.4 Å². The maximum atomic E-state index is 12.1. The Bertz CT molecular complexity index is 494. The first-order valence-electron chi connectivity index (χ1n) is 5.56. The van der Waals surface area contributed by atoms with Crippen molar-refractivity contribution in [2.24, 2.45) is 0 Å². The maximum Gasteiger partial charge on any atom is 0.249 e. The van der Waals surface area contributed by atoms with Crippen molar-refractivity contribution in [3.8, 4) is 0 Å². The van der Waals surface area contributed by atoms with Crippen LogP contribution < -0.4 is 10.2 Å². The first kappa shape index (κ1) is 13.0. The molecular weight excluding hydrogens is 256 g/mol. The number of likely N-dealkylation sites (N-methyl/N-ethyl adjacent to an activating group) is 1. The van der Waals surface area contributed by atoms with Crippen LogP contribution in [-0.2, 0) is 9.53 Å². The minimum atomic E-state index is -0.437. The fraction of sp³-hybridized carbons (Fsp3) is 0.545. The molecule has 2 heterocycles. The van der Waals surface area contributed by atoms with Crippen molar-refractivity contribution in [3.63, 3.8) is 0 Å². The molecule has 1 aromatic rings. The SMILES string of the molecule is CO[C@H](C)[C@H]1C(=O)Nc2c(C)nc(Cl)nc2N1C. The number of hydrogen-bond donors (Lipinski definition) is 1. The summed E-state index contributed by atoms with van der Waals surface area (Å²) in [5.74, 6) is 0.481. The third kappa shape index (κ3) is 2.02. The molecule has 18 heavy (non-hydrogen) atoms. The Labute approximate surface area is 110 Å². The van der Waals surface area contributed by atoms with E-state index in [9.17, 15) is 4.79 Å². The molecule has 0 aromatic carbocycles. The number of fused-ring (bicyclic) bond motifs is 1. The van der Waals surface area contributed by atoms with Crippen molar-refractivity contribution in [1.82, 2.24) is 9.97 Å². The third-order valence-corrected chi connectivity index (χ3v) is 3.30. The molecular formula is C11H15ClN4O2. The van der Waals surface area contributed by atoms with E-state index in [-0.39, 0.29) is 17.3 Å². The molecule has 0 unspecified atom stereocenters. The zero-order chi connectivity index (χ0) is 13.4. The fourth-order valence-electron chi connectivity index (χ4n) is 2.09. The number of rotatable bonds is 2. The molecule has 0 bridgehead atoms. The predicted octanol–water partition coefficient (Wildman–Crippen LogP) is 1.23. The second-order valence-electron chi connectivity index (χ2n) is 4.26. The van der Waals surface area contributed by atoms with Crippen molar-refractivity contribution in [1.29, 1.82) is 0 Å². The van der Waals surface area contributed by atoms with Gasteiger partial charge in [-0.15, -0.1) is 0 Å². The number of halogens is 1. The van der Waals surface area contributed by atoms with Gasteiger partial charge < -0.3 is 15.0 Å². The number of aryl methyl sites for hydroxylation is 1. The van der Waals surface area contributed by atoms with E-state index in [1.54, 1.807) is 26.0 Å². The van der Waals surface area contributed by atoms with E-state index in [4.69, 9.17) is 16.3 Å². The molecule has 0 aliphatic carbocycles. The van der Waals surface area contributed by atoms with Crippen LogP contribution in [0.15, 0.2) is 0 Å². The molecule has 0 fully saturated rings. The van der Waals surface area contributed by atoms with E-state index in [1.165, 1.54) is 0 Å². The van der Waals surface area contributed by atoms with Crippen molar-refractivity contribution >= 4 is 29.0 Å². The Kier molecular flexibility index (Phi) is 3.41. The van der Waals surface area contributed by atoms with Crippen LogP contribution >= 0.6 is 11.6 Å². The number of hydrogen-bond acceptors (Lipinski definition) is 5. The quantitative estimate of drug-likeness (QED) is 0.819. The highest BCUT2D eigenvalue weighted by atomic mass is 35.5. The highest BCUT2D eigenvalue weighted by Gasteiger charge is 2.37. The highest BCUT2D eigenvalue weighted by Crippen LogP contribution is 2.33. The van der Waals surface area contributed by atoms with Crippen LogP contribution in [-0.4, -0.2) is 42.2 Å². The lowest BCUT2D eigenvalue weighted by Crippen LogP contribution is -2.53.